The quantitative estimate of drug-likeness (QED) is 0.246. The number of rotatable bonds is 10. The van der Waals surface area contributed by atoms with Crippen LogP contribution in [-0.4, -0.2) is 43.0 Å². The monoisotopic (exact) mass is 569 g/mol. The van der Waals surface area contributed by atoms with Crippen LogP contribution in [0.5, 0.6) is 17.2 Å². The Bertz CT molecular complexity index is 1440. The molecule has 3 aromatic rings. The molecule has 1 saturated heterocycles. The minimum absolute atomic E-state index is 0.0250. The van der Waals surface area contributed by atoms with Gasteiger partial charge in [-0.1, -0.05) is 47.5 Å². The molecule has 0 aromatic heterocycles. The Kier molecular flexibility index (Phi) is 8.96. The Morgan fingerprint density at radius 3 is 2.51 bits per heavy atom. The van der Waals surface area contributed by atoms with Crippen molar-refractivity contribution in [2.45, 2.75) is 13.5 Å². The number of imide groups is 1. The van der Waals surface area contributed by atoms with Gasteiger partial charge in [-0.15, -0.1) is 0 Å². The standard InChI is InChI=1S/C28H25Cl2N3O6/c1-3-38-25-14-17(9-11-24(25)39-16-18-8-10-19(29)20(30)12-18)13-22-27(35)33(28(36)32-22)15-26(34)31-21-6-4-5-7-23(21)37-2/h4-14H,3,15-16H2,1-2H3,(H,31,34)(H,32,36)/b22-13+. The number of amides is 4. The molecule has 0 spiro atoms. The van der Waals surface area contributed by atoms with Crippen molar-refractivity contribution >= 4 is 52.8 Å². The van der Waals surface area contributed by atoms with E-state index in [-0.39, 0.29) is 12.3 Å². The minimum Gasteiger partial charge on any atom is -0.495 e. The molecular weight excluding hydrogens is 545 g/mol. The number of nitrogens with one attached hydrogen (secondary N) is 2. The number of benzene rings is 3. The van der Waals surface area contributed by atoms with Crippen LogP contribution in [0.1, 0.15) is 18.1 Å². The number of urea groups is 1. The lowest BCUT2D eigenvalue weighted by molar-refractivity contribution is -0.127. The summed E-state index contributed by atoms with van der Waals surface area (Å²) in [6, 6.07) is 16.5. The van der Waals surface area contributed by atoms with E-state index < -0.39 is 24.4 Å². The maximum absolute atomic E-state index is 12.9. The van der Waals surface area contributed by atoms with E-state index in [1.807, 2.05) is 13.0 Å². The fourth-order valence-electron chi connectivity index (χ4n) is 3.76. The highest BCUT2D eigenvalue weighted by Crippen LogP contribution is 2.31. The van der Waals surface area contributed by atoms with Crippen LogP contribution in [0, 0.1) is 0 Å². The van der Waals surface area contributed by atoms with E-state index >= 15 is 0 Å². The molecule has 4 amide bonds. The number of hydrogen-bond donors (Lipinski definition) is 2. The van der Waals surface area contributed by atoms with Crippen molar-refractivity contribution in [1.82, 2.24) is 10.2 Å². The van der Waals surface area contributed by atoms with E-state index in [1.54, 1.807) is 54.6 Å². The third kappa shape index (κ3) is 6.81. The summed E-state index contributed by atoms with van der Waals surface area (Å²) in [6.07, 6.45) is 1.50. The number of halogens is 2. The molecule has 4 rings (SSSR count). The zero-order valence-corrected chi connectivity index (χ0v) is 22.6. The van der Waals surface area contributed by atoms with E-state index in [9.17, 15) is 14.4 Å². The Labute approximate surface area is 235 Å². The van der Waals surface area contributed by atoms with Gasteiger partial charge >= 0.3 is 6.03 Å². The lowest BCUT2D eigenvalue weighted by Crippen LogP contribution is -2.38. The van der Waals surface area contributed by atoms with Gasteiger partial charge in [-0.3, -0.25) is 9.59 Å². The number of anilines is 1. The van der Waals surface area contributed by atoms with Crippen molar-refractivity contribution in [3.8, 4) is 17.2 Å². The summed E-state index contributed by atoms with van der Waals surface area (Å²) < 4.78 is 16.8. The highest BCUT2D eigenvalue weighted by atomic mass is 35.5. The number of carbonyl (C=O) groups excluding carboxylic acids is 3. The van der Waals surface area contributed by atoms with Crippen molar-refractivity contribution in [2.75, 3.05) is 25.6 Å². The minimum atomic E-state index is -0.701. The Balaban J connectivity index is 1.45. The largest absolute Gasteiger partial charge is 0.495 e. The van der Waals surface area contributed by atoms with E-state index in [0.29, 0.717) is 45.2 Å². The molecule has 1 heterocycles. The fourth-order valence-corrected chi connectivity index (χ4v) is 4.08. The average Bonchev–Trinajstić information content (AvgIpc) is 3.17. The van der Waals surface area contributed by atoms with Crippen molar-refractivity contribution in [1.29, 1.82) is 0 Å². The molecule has 0 atom stereocenters. The Hall–Kier alpha value is -4.21. The lowest BCUT2D eigenvalue weighted by Gasteiger charge is -2.14. The summed E-state index contributed by atoms with van der Waals surface area (Å²) in [5, 5.41) is 6.05. The van der Waals surface area contributed by atoms with Crippen LogP contribution in [0.25, 0.3) is 6.08 Å². The molecule has 0 bridgehead atoms. The number of hydrogen-bond acceptors (Lipinski definition) is 6. The van der Waals surface area contributed by atoms with Gasteiger partial charge in [0.1, 0.15) is 24.6 Å². The molecule has 11 heteroatoms. The third-order valence-electron chi connectivity index (χ3n) is 5.60. The number of nitrogens with zero attached hydrogens (tertiary/aromatic N) is 1. The predicted molar refractivity (Wildman–Crippen MR) is 148 cm³/mol. The number of para-hydroxylation sites is 2. The first-order valence-electron chi connectivity index (χ1n) is 11.9. The van der Waals surface area contributed by atoms with Gasteiger partial charge in [0.25, 0.3) is 5.91 Å². The average molecular weight is 570 g/mol. The molecule has 0 unspecified atom stereocenters. The van der Waals surface area contributed by atoms with E-state index in [4.69, 9.17) is 37.4 Å². The summed E-state index contributed by atoms with van der Waals surface area (Å²) in [6.45, 7) is 1.99. The number of ether oxygens (including phenoxy) is 3. The van der Waals surface area contributed by atoms with Crippen molar-refractivity contribution in [2.24, 2.45) is 0 Å². The van der Waals surface area contributed by atoms with Crippen LogP contribution in [0.15, 0.2) is 66.4 Å². The molecule has 0 aliphatic carbocycles. The topological polar surface area (TPSA) is 106 Å². The fraction of sp³-hybridized carbons (Fsp3) is 0.179. The van der Waals surface area contributed by atoms with Gasteiger partial charge in [0.2, 0.25) is 5.91 Å². The van der Waals surface area contributed by atoms with Gasteiger partial charge in [-0.05, 0) is 60.5 Å². The SMILES string of the molecule is CCOc1cc(/C=C2/NC(=O)N(CC(=O)Nc3ccccc3OC)C2=O)ccc1OCc1ccc(Cl)c(Cl)c1. The summed E-state index contributed by atoms with van der Waals surface area (Å²) in [7, 11) is 1.48. The van der Waals surface area contributed by atoms with Crippen molar-refractivity contribution in [3.63, 3.8) is 0 Å². The molecule has 3 aromatic carbocycles. The summed E-state index contributed by atoms with van der Waals surface area (Å²) in [5.41, 5.74) is 1.87. The first-order valence-corrected chi connectivity index (χ1v) is 12.7. The second kappa shape index (κ2) is 12.6. The molecule has 0 radical (unpaired) electrons. The smallest absolute Gasteiger partial charge is 0.329 e. The zero-order chi connectivity index (χ0) is 27.9. The highest BCUT2D eigenvalue weighted by Gasteiger charge is 2.35. The predicted octanol–water partition coefficient (Wildman–Crippen LogP) is 5.51. The second-order valence-corrected chi connectivity index (χ2v) is 9.12. The molecule has 202 valence electrons. The van der Waals surface area contributed by atoms with Gasteiger partial charge < -0.3 is 24.8 Å². The van der Waals surface area contributed by atoms with Gasteiger partial charge in [-0.2, -0.15) is 0 Å². The van der Waals surface area contributed by atoms with Crippen molar-refractivity contribution < 1.29 is 28.6 Å². The normalized spacial score (nSPS) is 13.8. The maximum atomic E-state index is 12.9. The van der Waals surface area contributed by atoms with Crippen LogP contribution in [-0.2, 0) is 16.2 Å². The first kappa shape index (κ1) is 27.8. The molecule has 1 fully saturated rings. The van der Waals surface area contributed by atoms with Crippen LogP contribution in [0.2, 0.25) is 10.0 Å². The number of carbonyl (C=O) groups is 3. The van der Waals surface area contributed by atoms with Gasteiger partial charge in [0.15, 0.2) is 11.5 Å². The molecule has 0 saturated carbocycles. The molecule has 2 N–H and O–H groups in total. The van der Waals surface area contributed by atoms with E-state index in [0.717, 1.165) is 10.5 Å². The molecule has 1 aliphatic heterocycles. The van der Waals surface area contributed by atoms with E-state index in [1.165, 1.54) is 13.2 Å². The number of methoxy groups -OCH3 is 1. The molecular formula is C28H25Cl2N3O6. The van der Waals surface area contributed by atoms with Crippen LogP contribution in [0.4, 0.5) is 10.5 Å². The third-order valence-corrected chi connectivity index (χ3v) is 6.34. The van der Waals surface area contributed by atoms with Gasteiger partial charge in [-0.25, -0.2) is 9.69 Å². The Morgan fingerprint density at radius 2 is 1.77 bits per heavy atom. The second-order valence-electron chi connectivity index (χ2n) is 8.30. The highest BCUT2D eigenvalue weighted by molar-refractivity contribution is 6.42. The Morgan fingerprint density at radius 1 is 0.974 bits per heavy atom. The van der Waals surface area contributed by atoms with Gasteiger partial charge in [0, 0.05) is 0 Å². The summed E-state index contributed by atoms with van der Waals surface area (Å²) in [4.78, 5) is 38.8. The van der Waals surface area contributed by atoms with Crippen LogP contribution < -0.4 is 24.8 Å². The zero-order valence-electron chi connectivity index (χ0n) is 21.1. The van der Waals surface area contributed by atoms with Crippen LogP contribution >= 0.6 is 23.2 Å². The first-order chi connectivity index (χ1) is 18.8. The summed E-state index contributed by atoms with van der Waals surface area (Å²) in [5.74, 6) is 0.218. The summed E-state index contributed by atoms with van der Waals surface area (Å²) >= 11 is 12.1. The molecule has 1 aliphatic rings. The molecule has 39 heavy (non-hydrogen) atoms. The van der Waals surface area contributed by atoms with E-state index in [2.05, 4.69) is 10.6 Å². The van der Waals surface area contributed by atoms with Gasteiger partial charge in [0.05, 0.1) is 29.4 Å². The van der Waals surface area contributed by atoms with Crippen molar-refractivity contribution in [3.05, 3.63) is 87.5 Å². The van der Waals surface area contributed by atoms with Crippen LogP contribution in [0.3, 0.4) is 0 Å². The lowest BCUT2D eigenvalue weighted by atomic mass is 10.1. The maximum Gasteiger partial charge on any atom is 0.329 e. The molecule has 9 nitrogen and oxygen atoms in total.